The van der Waals surface area contributed by atoms with E-state index in [0.29, 0.717) is 41.5 Å². The van der Waals surface area contributed by atoms with Gasteiger partial charge in [-0.25, -0.2) is 4.79 Å². The number of hydrogen-bond donors (Lipinski definition) is 3. The van der Waals surface area contributed by atoms with E-state index >= 15 is 0 Å². The van der Waals surface area contributed by atoms with Gasteiger partial charge >= 0.3 is 17.6 Å². The summed E-state index contributed by atoms with van der Waals surface area (Å²) in [7, 11) is 1.45. The number of carbonyl (C=O) groups excluding carboxylic acids is 3. The monoisotopic (exact) mass is 737 g/mol. The Hall–Kier alpha value is -5.20. The summed E-state index contributed by atoms with van der Waals surface area (Å²) in [6.45, 7) is 3.46. The van der Waals surface area contributed by atoms with Gasteiger partial charge in [-0.3, -0.25) is 24.2 Å². The van der Waals surface area contributed by atoms with Crippen molar-refractivity contribution >= 4 is 46.1 Å². The molecule has 0 spiro atoms. The first-order chi connectivity index (χ1) is 25.5. The molecule has 0 unspecified atom stereocenters. The molecule has 2 saturated heterocycles. The maximum Gasteiger partial charge on any atom is 0.347 e. The van der Waals surface area contributed by atoms with E-state index in [-0.39, 0.29) is 79.1 Å². The van der Waals surface area contributed by atoms with Crippen LogP contribution in [0.25, 0.3) is 11.0 Å². The maximum absolute atomic E-state index is 13.5. The van der Waals surface area contributed by atoms with Gasteiger partial charge in [-0.05, 0) is 24.8 Å². The van der Waals surface area contributed by atoms with Crippen LogP contribution in [0.5, 0.6) is 11.5 Å². The number of ether oxygens (including phenoxy) is 6. The van der Waals surface area contributed by atoms with E-state index in [4.69, 9.17) is 38.6 Å². The van der Waals surface area contributed by atoms with Gasteiger partial charge in [-0.15, -0.1) is 0 Å². The number of nitrogens with zero attached hydrogens (tertiary/aromatic N) is 3. The molecule has 53 heavy (non-hydrogen) atoms. The van der Waals surface area contributed by atoms with Crippen molar-refractivity contribution in [2.24, 2.45) is 0 Å². The average molecular weight is 738 g/mol. The number of rotatable bonds is 10. The van der Waals surface area contributed by atoms with Crippen molar-refractivity contribution in [1.29, 1.82) is 0 Å². The normalized spacial score (nSPS) is 26.7. The average Bonchev–Trinajstić information content (AvgIpc) is 3.92. The Morgan fingerprint density at radius 3 is 2.62 bits per heavy atom. The van der Waals surface area contributed by atoms with Gasteiger partial charge in [0.2, 0.25) is 12.2 Å². The Morgan fingerprint density at radius 1 is 1.09 bits per heavy atom. The number of aromatic nitrogens is 2. The van der Waals surface area contributed by atoms with Crippen LogP contribution in [0.1, 0.15) is 79.8 Å². The fourth-order valence-corrected chi connectivity index (χ4v) is 8.03. The number of nitrogens with one attached hydrogen (secondary N) is 1. The summed E-state index contributed by atoms with van der Waals surface area (Å²) < 4.78 is 41.4. The molecule has 5 aliphatic rings. The molecule has 0 radical (unpaired) electrons. The summed E-state index contributed by atoms with van der Waals surface area (Å²) in [6, 6.07) is 1.62. The number of aliphatic hydroxyl groups is 1. The predicted molar refractivity (Wildman–Crippen MR) is 183 cm³/mol. The third-order valence-corrected chi connectivity index (χ3v) is 10.3. The van der Waals surface area contributed by atoms with Crippen LogP contribution in [0.3, 0.4) is 0 Å². The molecule has 0 saturated carbocycles. The van der Waals surface area contributed by atoms with Crippen molar-refractivity contribution in [3.63, 3.8) is 0 Å². The van der Waals surface area contributed by atoms with Gasteiger partial charge in [-0.1, -0.05) is 13.8 Å². The molecule has 18 heteroatoms. The second kappa shape index (κ2) is 13.3. The molecule has 0 bridgehead atoms. The fraction of sp³-hybridized carbons (Fsp3) is 0.543. The number of fused-ring (bicyclic) bond motifs is 8. The number of carbonyl (C=O) groups is 3. The molecule has 282 valence electrons. The van der Waals surface area contributed by atoms with Crippen LogP contribution < -0.4 is 36.2 Å². The van der Waals surface area contributed by atoms with Gasteiger partial charge in [0.15, 0.2) is 17.8 Å². The molecule has 2 aromatic heterocycles. The first kappa shape index (κ1) is 34.9. The number of nitrogens with two attached hydrogens (primary N) is 1. The number of aryl methyl sites for hydroxylation is 1. The number of H-pyrrole nitrogens is 1. The molecule has 0 amide bonds. The fourth-order valence-electron chi connectivity index (χ4n) is 8.03. The molecule has 4 N–H and O–H groups in total. The van der Waals surface area contributed by atoms with E-state index in [1.54, 1.807) is 11.0 Å². The van der Waals surface area contributed by atoms with E-state index in [0.717, 1.165) is 0 Å². The number of aliphatic hydroxyl groups excluding tert-OH is 1. The lowest BCUT2D eigenvalue weighted by atomic mass is 9.91. The van der Waals surface area contributed by atoms with E-state index in [1.165, 1.54) is 12.0 Å². The van der Waals surface area contributed by atoms with Gasteiger partial charge < -0.3 is 53.5 Å². The zero-order chi connectivity index (χ0) is 37.3. The van der Waals surface area contributed by atoms with Crippen LogP contribution in [0.2, 0.25) is 0 Å². The predicted octanol–water partition coefficient (Wildman–Crippen LogP) is 1.57. The zero-order valence-electron chi connectivity index (χ0n) is 29.2. The zero-order valence-corrected chi connectivity index (χ0v) is 29.2. The smallest absolute Gasteiger partial charge is 0.347 e. The first-order valence-electron chi connectivity index (χ1n) is 17.7. The number of Topliss-reactive ketones (excluding diaryl/α,β-unsaturated/α-hetero) is 1. The molecule has 8 rings (SSSR count). The van der Waals surface area contributed by atoms with Gasteiger partial charge in [0, 0.05) is 31.7 Å². The summed E-state index contributed by atoms with van der Waals surface area (Å²) in [5.74, 6) is -1.46. The Morgan fingerprint density at radius 2 is 1.87 bits per heavy atom. The summed E-state index contributed by atoms with van der Waals surface area (Å²) in [6.07, 6.45) is -3.81. The summed E-state index contributed by atoms with van der Waals surface area (Å²) in [5, 5.41) is 12.5. The highest BCUT2D eigenvalue weighted by atomic mass is 16.7. The van der Waals surface area contributed by atoms with Gasteiger partial charge in [0.05, 0.1) is 30.6 Å². The van der Waals surface area contributed by atoms with Crippen LogP contribution in [-0.2, 0) is 35.0 Å². The third kappa shape index (κ3) is 5.66. The second-order valence-electron chi connectivity index (χ2n) is 13.7. The minimum Gasteiger partial charge on any atom is -0.496 e. The van der Waals surface area contributed by atoms with E-state index in [2.05, 4.69) is 9.97 Å². The van der Waals surface area contributed by atoms with Crippen LogP contribution in [0.15, 0.2) is 20.1 Å². The van der Waals surface area contributed by atoms with Crippen molar-refractivity contribution in [3.8, 4) is 11.5 Å². The van der Waals surface area contributed by atoms with Crippen molar-refractivity contribution in [3.05, 3.63) is 43.5 Å². The molecule has 2 fully saturated rings. The maximum atomic E-state index is 13.5. The highest BCUT2D eigenvalue weighted by Crippen LogP contribution is 2.54. The van der Waals surface area contributed by atoms with Crippen molar-refractivity contribution < 1.29 is 52.3 Å². The van der Waals surface area contributed by atoms with Crippen LogP contribution >= 0.6 is 0 Å². The molecule has 6 heterocycles. The summed E-state index contributed by atoms with van der Waals surface area (Å²) in [4.78, 5) is 74.1. The number of hydrogen-bond acceptors (Lipinski definition) is 17. The third-order valence-electron chi connectivity index (χ3n) is 10.3. The molecule has 3 aromatic rings. The Balaban J connectivity index is 1.11. The van der Waals surface area contributed by atoms with Gasteiger partial charge in [0.25, 0.3) is 5.56 Å². The lowest BCUT2D eigenvalue weighted by Gasteiger charge is -2.30. The van der Waals surface area contributed by atoms with Crippen molar-refractivity contribution in [2.75, 3.05) is 35.9 Å². The van der Waals surface area contributed by atoms with E-state index in [1.807, 2.05) is 13.8 Å². The number of nitrogen functional groups attached to an aromatic ring is 1. The Labute approximate surface area is 301 Å². The lowest BCUT2D eigenvalue weighted by molar-refractivity contribution is -0.157. The molecule has 18 nitrogen and oxygen atoms in total. The van der Waals surface area contributed by atoms with Crippen LogP contribution in [-0.4, -0.2) is 90.2 Å². The van der Waals surface area contributed by atoms with Gasteiger partial charge in [0.1, 0.15) is 59.5 Å². The summed E-state index contributed by atoms with van der Waals surface area (Å²) in [5.41, 5.74) is 5.64. The Kier molecular flexibility index (Phi) is 8.77. The first-order valence-corrected chi connectivity index (χ1v) is 17.7. The number of esters is 2. The van der Waals surface area contributed by atoms with Gasteiger partial charge in [-0.2, -0.15) is 4.98 Å². The largest absolute Gasteiger partial charge is 0.496 e. The number of ketones is 1. The number of anilines is 3. The van der Waals surface area contributed by atoms with Crippen molar-refractivity contribution in [2.45, 2.75) is 102 Å². The van der Waals surface area contributed by atoms with E-state index in [9.17, 15) is 29.1 Å². The molecular weight excluding hydrogens is 698 g/mol. The minimum absolute atomic E-state index is 0.00932. The molecule has 4 aliphatic heterocycles. The highest BCUT2D eigenvalue weighted by molar-refractivity contribution is 6.06. The molecule has 1 aliphatic carbocycles. The summed E-state index contributed by atoms with van der Waals surface area (Å²) >= 11 is 0. The molecule has 1 aromatic carbocycles. The van der Waals surface area contributed by atoms with Crippen molar-refractivity contribution in [1.82, 2.24) is 9.97 Å². The number of methoxy groups -OCH3 is 1. The van der Waals surface area contributed by atoms with E-state index < -0.39 is 66.1 Å². The SMILES string of the molecule is CCCC(=O)OC[C@H]1O[C@@H](N2CN([C@@H]3O[C@@H]4Oc5cc(OC)c6c7c(c(=O)oc6c5[C@@H]4[C@H]3O)C(=O)CC7)c3c2nc(N)[nH]c3=O)C[C@@H]1OC(=O)CCC. The molecular formula is C35H39N5O13. The lowest BCUT2D eigenvalue weighted by Crippen LogP contribution is -2.48. The highest BCUT2D eigenvalue weighted by Gasteiger charge is 2.57. The topological polar surface area (TPSA) is 235 Å². The molecule has 7 atom stereocenters. The van der Waals surface area contributed by atoms with Crippen LogP contribution in [0.4, 0.5) is 17.5 Å². The minimum atomic E-state index is -1.35. The number of aromatic amines is 1. The standard InChI is InChI=1S/C35H39N5O13/c1-4-6-21(42)48-12-19-16(50-22(43)7-5-2)11-20(49-19)39-13-40(27-30(39)37-35(36)38-31(27)45)32-28(44)26-25-18(51-34(26)53-32)10-17(47-3)24-14-8-9-15(41)23(14)33(46)52-29(24)25/h10,16,19-20,26,28,32,34,44H,4-9,11-13H2,1-3H3,(H3,36,37,38,45)/t16-,19+,20+,26+,28+,32+,34-/m0/s1. The second-order valence-corrected chi connectivity index (χ2v) is 13.7. The number of benzene rings is 1. The quantitative estimate of drug-likeness (QED) is 0.198. The Bertz CT molecular complexity index is 2130. The van der Waals surface area contributed by atoms with Crippen LogP contribution in [0, 0.1) is 0 Å².